The van der Waals surface area contributed by atoms with Gasteiger partial charge in [0.25, 0.3) is 5.27 Å². The Morgan fingerprint density at radius 1 is 1.00 bits per heavy atom. The second-order valence-corrected chi connectivity index (χ2v) is 6.29. The van der Waals surface area contributed by atoms with Gasteiger partial charge in [0.15, 0.2) is 0 Å². The van der Waals surface area contributed by atoms with Crippen LogP contribution in [0.4, 0.5) is 0 Å². The van der Waals surface area contributed by atoms with Crippen LogP contribution in [-0.2, 0) is 0 Å². The van der Waals surface area contributed by atoms with Crippen LogP contribution in [0.1, 0.15) is 39.0 Å². The SMILES string of the molecule is CCCCCCCB1SCCS1. The fourth-order valence-electron chi connectivity index (χ4n) is 1.49. The maximum Gasteiger partial charge on any atom is 0.273 e. The minimum atomic E-state index is 0.951. The summed E-state index contributed by atoms with van der Waals surface area (Å²) < 4.78 is 0. The Morgan fingerprint density at radius 3 is 2.33 bits per heavy atom. The fraction of sp³-hybridized carbons (Fsp3) is 1.00. The van der Waals surface area contributed by atoms with Gasteiger partial charge in [0.05, 0.1) is 0 Å². The van der Waals surface area contributed by atoms with Crippen LogP contribution in [-0.4, -0.2) is 16.8 Å². The molecule has 3 heteroatoms. The van der Waals surface area contributed by atoms with Crippen molar-refractivity contribution in [2.75, 3.05) is 11.5 Å². The molecule has 0 aliphatic carbocycles. The Hall–Kier alpha value is 0.765. The molecule has 0 radical (unpaired) electrons. The average molecular weight is 202 g/mol. The summed E-state index contributed by atoms with van der Waals surface area (Å²) in [5.74, 6) is 2.79. The summed E-state index contributed by atoms with van der Waals surface area (Å²) in [6.07, 6.45) is 8.64. The molecule has 1 aliphatic rings. The van der Waals surface area contributed by atoms with E-state index in [0.29, 0.717) is 0 Å². The molecule has 1 aliphatic heterocycles. The van der Waals surface area contributed by atoms with E-state index in [1.165, 1.54) is 49.9 Å². The van der Waals surface area contributed by atoms with E-state index in [2.05, 4.69) is 30.1 Å². The van der Waals surface area contributed by atoms with E-state index < -0.39 is 0 Å². The van der Waals surface area contributed by atoms with Crippen LogP contribution in [0.25, 0.3) is 0 Å². The van der Waals surface area contributed by atoms with Gasteiger partial charge in [-0.15, -0.1) is 0 Å². The van der Waals surface area contributed by atoms with E-state index >= 15 is 0 Å². The lowest BCUT2D eigenvalue weighted by atomic mass is 9.95. The molecule has 0 N–H and O–H groups in total. The second kappa shape index (κ2) is 7.20. The van der Waals surface area contributed by atoms with Crippen LogP contribution in [0.3, 0.4) is 0 Å². The molecular weight excluding hydrogens is 183 g/mol. The minimum Gasteiger partial charge on any atom is -0.194 e. The van der Waals surface area contributed by atoms with E-state index in [9.17, 15) is 0 Å². The first-order valence-corrected chi connectivity index (χ1v) is 7.26. The molecule has 1 heterocycles. The molecule has 0 aromatic heterocycles. The third kappa shape index (κ3) is 4.71. The summed E-state index contributed by atoms with van der Waals surface area (Å²) in [5.41, 5.74) is 0. The summed E-state index contributed by atoms with van der Waals surface area (Å²) in [4.78, 5) is 0. The molecule has 0 atom stereocenters. The summed E-state index contributed by atoms with van der Waals surface area (Å²) in [7, 11) is 0. The summed E-state index contributed by atoms with van der Waals surface area (Å²) in [5, 5.41) is 0.951. The zero-order valence-corrected chi connectivity index (χ0v) is 9.68. The summed E-state index contributed by atoms with van der Waals surface area (Å²) >= 11 is 4.34. The zero-order chi connectivity index (χ0) is 8.65. The molecular formula is C9H19BS2. The summed E-state index contributed by atoms with van der Waals surface area (Å²) in [6.45, 7) is 2.28. The van der Waals surface area contributed by atoms with Crippen molar-refractivity contribution in [2.24, 2.45) is 0 Å². The maximum absolute atomic E-state index is 2.28. The number of hydrogen-bond acceptors (Lipinski definition) is 2. The van der Waals surface area contributed by atoms with Crippen LogP contribution in [0.15, 0.2) is 0 Å². The van der Waals surface area contributed by atoms with Gasteiger partial charge < -0.3 is 0 Å². The molecule has 1 saturated heterocycles. The smallest absolute Gasteiger partial charge is 0.194 e. The molecule has 0 spiro atoms. The van der Waals surface area contributed by atoms with Gasteiger partial charge in [0.2, 0.25) is 0 Å². The Bertz CT molecular complexity index is 103. The van der Waals surface area contributed by atoms with Crippen LogP contribution in [0, 0.1) is 0 Å². The molecule has 0 saturated carbocycles. The lowest BCUT2D eigenvalue weighted by Gasteiger charge is -2.02. The molecule has 0 aromatic rings. The van der Waals surface area contributed by atoms with Gasteiger partial charge in [0, 0.05) is 0 Å². The first kappa shape index (κ1) is 10.8. The van der Waals surface area contributed by atoms with Crippen molar-refractivity contribution in [1.82, 2.24) is 0 Å². The zero-order valence-electron chi connectivity index (χ0n) is 8.05. The van der Waals surface area contributed by atoms with Gasteiger partial charge in [0.1, 0.15) is 0 Å². The largest absolute Gasteiger partial charge is 0.273 e. The van der Waals surface area contributed by atoms with E-state index in [1.807, 2.05) is 0 Å². The maximum atomic E-state index is 2.28. The molecule has 0 bridgehead atoms. The van der Waals surface area contributed by atoms with E-state index in [4.69, 9.17) is 0 Å². The van der Waals surface area contributed by atoms with E-state index in [-0.39, 0.29) is 0 Å². The Labute approximate surface area is 85.5 Å². The first-order valence-electron chi connectivity index (χ1n) is 5.16. The normalized spacial score (nSPS) is 17.2. The Balaban J connectivity index is 1.81. The highest BCUT2D eigenvalue weighted by molar-refractivity contribution is 8.56. The highest BCUT2D eigenvalue weighted by atomic mass is 32.2. The highest BCUT2D eigenvalue weighted by Crippen LogP contribution is 2.32. The second-order valence-electron chi connectivity index (χ2n) is 3.37. The molecule has 12 heavy (non-hydrogen) atoms. The summed E-state index contributed by atoms with van der Waals surface area (Å²) in [6, 6.07) is 0. The predicted molar refractivity (Wildman–Crippen MR) is 64.2 cm³/mol. The van der Waals surface area contributed by atoms with Crippen molar-refractivity contribution >= 4 is 28.5 Å². The van der Waals surface area contributed by atoms with E-state index in [1.54, 1.807) is 0 Å². The van der Waals surface area contributed by atoms with Crippen LogP contribution in [0.2, 0.25) is 6.32 Å². The standard InChI is InChI=1S/C9H19BS2/c1-2-3-4-5-6-7-10-11-8-9-12-10/h2-9H2,1H3. The third-order valence-electron chi connectivity index (χ3n) is 2.23. The molecule has 0 nitrogen and oxygen atoms in total. The molecule has 0 amide bonds. The number of rotatable bonds is 6. The van der Waals surface area contributed by atoms with Gasteiger partial charge >= 0.3 is 0 Å². The fourth-order valence-corrected chi connectivity index (χ4v) is 4.41. The Morgan fingerprint density at radius 2 is 1.67 bits per heavy atom. The van der Waals surface area contributed by atoms with Crippen LogP contribution >= 0.6 is 23.2 Å². The van der Waals surface area contributed by atoms with Crippen molar-refractivity contribution in [1.29, 1.82) is 0 Å². The van der Waals surface area contributed by atoms with Crippen molar-refractivity contribution in [3.63, 3.8) is 0 Å². The lowest BCUT2D eigenvalue weighted by molar-refractivity contribution is 0.655. The van der Waals surface area contributed by atoms with Crippen molar-refractivity contribution in [3.8, 4) is 0 Å². The van der Waals surface area contributed by atoms with Crippen molar-refractivity contribution < 1.29 is 0 Å². The average Bonchev–Trinajstić information content (AvgIpc) is 2.57. The number of unbranched alkanes of at least 4 members (excludes halogenated alkanes) is 4. The topological polar surface area (TPSA) is 0 Å². The molecule has 1 rings (SSSR count). The van der Waals surface area contributed by atoms with Gasteiger partial charge in [-0.05, 0) is 11.5 Å². The Kier molecular flexibility index (Phi) is 6.50. The van der Waals surface area contributed by atoms with Crippen molar-refractivity contribution in [3.05, 3.63) is 0 Å². The van der Waals surface area contributed by atoms with Crippen LogP contribution in [0.5, 0.6) is 0 Å². The predicted octanol–water partition coefficient (Wildman–Crippen LogP) is 3.93. The quantitative estimate of drug-likeness (QED) is 0.473. The molecule has 70 valence electrons. The molecule has 1 fully saturated rings. The van der Waals surface area contributed by atoms with Crippen LogP contribution < -0.4 is 0 Å². The first-order chi connectivity index (χ1) is 5.93. The van der Waals surface area contributed by atoms with Crippen molar-refractivity contribution in [2.45, 2.75) is 45.3 Å². The van der Waals surface area contributed by atoms with Gasteiger partial charge in [-0.1, -0.05) is 45.3 Å². The monoisotopic (exact) mass is 202 g/mol. The van der Waals surface area contributed by atoms with Gasteiger partial charge in [-0.3, -0.25) is 0 Å². The minimum absolute atomic E-state index is 0.951. The van der Waals surface area contributed by atoms with Gasteiger partial charge in [-0.2, -0.15) is 23.2 Å². The third-order valence-corrected chi connectivity index (χ3v) is 5.40. The highest BCUT2D eigenvalue weighted by Gasteiger charge is 2.19. The lowest BCUT2D eigenvalue weighted by Crippen LogP contribution is -1.96. The van der Waals surface area contributed by atoms with Gasteiger partial charge in [-0.25, -0.2) is 0 Å². The number of hydrogen-bond donors (Lipinski definition) is 0. The molecule has 0 aromatic carbocycles. The molecule has 0 unspecified atom stereocenters. The van der Waals surface area contributed by atoms with E-state index in [0.717, 1.165) is 5.27 Å².